The normalized spacial score (nSPS) is 11.2. The van der Waals surface area contributed by atoms with Crippen molar-refractivity contribution >= 4 is 45.1 Å². The van der Waals surface area contributed by atoms with E-state index in [9.17, 15) is 31.2 Å². The molecule has 0 saturated heterocycles. The van der Waals surface area contributed by atoms with Gasteiger partial charge in [-0.1, -0.05) is 74.0 Å². The fraction of sp³-hybridized carbons (Fsp3) is 0.163. The summed E-state index contributed by atoms with van der Waals surface area (Å²) in [5.41, 5.74) is 1.15. The number of aldehydes is 2. The number of hydrogen-bond donors (Lipinski definition) is 0. The van der Waals surface area contributed by atoms with Gasteiger partial charge < -0.3 is 13.7 Å². The maximum Gasteiger partial charge on any atom is 0.534 e. The van der Waals surface area contributed by atoms with Gasteiger partial charge in [-0.05, 0) is 88.5 Å². The molecule has 5 aromatic carbocycles. The highest BCUT2D eigenvalue weighted by atomic mass is 35.5. The van der Waals surface area contributed by atoms with E-state index in [2.05, 4.69) is 9.17 Å². The quantitative estimate of drug-likeness (QED) is 0.0672. The number of carbonyl (C=O) groups is 2. The van der Waals surface area contributed by atoms with Crippen LogP contribution in [0.25, 0.3) is 33.0 Å². The smallest absolute Gasteiger partial charge is 0.488 e. The molecule has 0 aliphatic heterocycles. The first-order chi connectivity index (χ1) is 27.2. The Bertz CT molecular complexity index is 2640. The lowest BCUT2D eigenvalue weighted by atomic mass is 9.89. The summed E-state index contributed by atoms with van der Waals surface area (Å²) < 4.78 is 80.0. The minimum Gasteiger partial charge on any atom is -0.488 e. The Hall–Kier alpha value is -6.23. The fourth-order valence-electron chi connectivity index (χ4n) is 6.05. The maximum absolute atomic E-state index is 13.2. The average Bonchev–Trinajstić information content (AvgIpc) is 3.20. The second-order valence-electron chi connectivity index (χ2n) is 12.3. The van der Waals surface area contributed by atoms with E-state index in [1.165, 1.54) is 36.5 Å². The van der Waals surface area contributed by atoms with Gasteiger partial charge in [0.2, 0.25) is 0 Å². The molecule has 0 bridgehead atoms. The van der Waals surface area contributed by atoms with Gasteiger partial charge in [-0.3, -0.25) is 14.6 Å². The topological polar surface area (TPSA) is 133 Å². The van der Waals surface area contributed by atoms with Gasteiger partial charge in [-0.25, -0.2) is 0 Å². The van der Waals surface area contributed by atoms with Crippen molar-refractivity contribution in [3.05, 3.63) is 141 Å². The average molecular weight is 815 g/mol. The van der Waals surface area contributed by atoms with Crippen LogP contribution >= 0.6 is 11.6 Å². The van der Waals surface area contributed by atoms with Crippen LogP contribution in [0.15, 0.2) is 97.3 Å². The summed E-state index contributed by atoms with van der Waals surface area (Å²) in [7, 11) is -5.98. The third kappa shape index (κ3) is 9.09. The molecule has 6 rings (SSSR count). The van der Waals surface area contributed by atoms with Crippen LogP contribution in [0.1, 0.15) is 62.4 Å². The second-order valence-corrected chi connectivity index (χ2v) is 14.2. The van der Waals surface area contributed by atoms with E-state index in [4.69, 9.17) is 26.3 Å². The van der Waals surface area contributed by atoms with E-state index in [0.717, 1.165) is 33.9 Å². The molecular formula is C43H34ClF3N2O7S. The molecule has 0 aliphatic carbocycles. The number of benzene rings is 5. The van der Waals surface area contributed by atoms with Crippen molar-refractivity contribution in [2.24, 2.45) is 0 Å². The molecule has 0 saturated carbocycles. The molecule has 292 valence electrons. The molecule has 14 heteroatoms. The predicted octanol–water partition coefficient (Wildman–Crippen LogP) is 10.7. The van der Waals surface area contributed by atoms with E-state index < -0.39 is 21.4 Å². The molecule has 0 amide bonds. The number of hydrogen-bond acceptors (Lipinski definition) is 9. The van der Waals surface area contributed by atoms with Crippen LogP contribution in [0.3, 0.4) is 0 Å². The van der Waals surface area contributed by atoms with E-state index in [1.54, 1.807) is 18.3 Å². The Labute approximate surface area is 332 Å². The van der Waals surface area contributed by atoms with Gasteiger partial charge in [0.25, 0.3) is 0 Å². The molecule has 1 heterocycles. The van der Waals surface area contributed by atoms with Gasteiger partial charge in [-0.2, -0.15) is 26.9 Å². The zero-order valence-electron chi connectivity index (χ0n) is 31.0. The lowest BCUT2D eigenvalue weighted by Gasteiger charge is -2.18. The number of carbonyl (C=O) groups excluding carboxylic acids is 2. The zero-order chi connectivity index (χ0) is 41.5. The SMILES string of the molecule is CC.Cc1c(COc2cc(OCc3cncc(C#N)c3)c(C=O)cc2Cl)cccc1-c1cccc(-c2ccc3c(C=O)ccc(OS(=O)(=O)C(F)(F)F)c3c2)c1C. The number of ether oxygens (including phenoxy) is 2. The summed E-state index contributed by atoms with van der Waals surface area (Å²) in [6.07, 6.45) is 4.12. The molecular weight excluding hydrogens is 781 g/mol. The number of nitriles is 1. The number of pyridine rings is 1. The van der Waals surface area contributed by atoms with Crippen LogP contribution in [-0.2, 0) is 23.3 Å². The Balaban J connectivity index is 0.00000305. The number of nitrogens with zero attached hydrogens (tertiary/aromatic N) is 2. The molecule has 1 aromatic heterocycles. The van der Waals surface area contributed by atoms with Crippen molar-refractivity contribution < 1.29 is 44.8 Å². The number of fused-ring (bicyclic) bond motifs is 1. The number of alkyl halides is 3. The van der Waals surface area contributed by atoms with Crippen molar-refractivity contribution in [2.45, 2.75) is 46.4 Å². The lowest BCUT2D eigenvalue weighted by Crippen LogP contribution is -2.28. The highest BCUT2D eigenvalue weighted by molar-refractivity contribution is 7.88. The van der Waals surface area contributed by atoms with E-state index in [-0.39, 0.29) is 51.6 Å². The van der Waals surface area contributed by atoms with Crippen LogP contribution < -0.4 is 13.7 Å². The number of rotatable bonds is 12. The molecule has 6 aromatic rings. The monoisotopic (exact) mass is 814 g/mol. The van der Waals surface area contributed by atoms with Crippen molar-refractivity contribution in [2.75, 3.05) is 0 Å². The van der Waals surface area contributed by atoms with E-state index >= 15 is 0 Å². The summed E-state index contributed by atoms with van der Waals surface area (Å²) >= 11 is 6.49. The highest BCUT2D eigenvalue weighted by Crippen LogP contribution is 2.39. The molecule has 0 atom stereocenters. The van der Waals surface area contributed by atoms with Crippen LogP contribution in [0.2, 0.25) is 5.02 Å². The first-order valence-electron chi connectivity index (χ1n) is 17.3. The molecule has 0 radical (unpaired) electrons. The number of halogens is 4. The Morgan fingerprint density at radius 3 is 2.11 bits per heavy atom. The molecule has 0 fully saturated rings. The fourth-order valence-corrected chi connectivity index (χ4v) is 6.75. The largest absolute Gasteiger partial charge is 0.534 e. The molecule has 0 unspecified atom stereocenters. The van der Waals surface area contributed by atoms with Crippen LogP contribution in [0.5, 0.6) is 17.2 Å². The summed E-state index contributed by atoms with van der Waals surface area (Å²) in [6.45, 7) is 7.95. The Morgan fingerprint density at radius 2 is 1.42 bits per heavy atom. The summed E-state index contributed by atoms with van der Waals surface area (Å²) in [4.78, 5) is 27.6. The summed E-state index contributed by atoms with van der Waals surface area (Å²) in [6, 6.07) is 24.8. The third-order valence-corrected chi connectivity index (χ3v) is 10.2. The van der Waals surface area contributed by atoms with E-state index in [1.807, 2.05) is 70.2 Å². The zero-order valence-corrected chi connectivity index (χ0v) is 32.6. The van der Waals surface area contributed by atoms with Gasteiger partial charge in [0.05, 0.1) is 16.1 Å². The second kappa shape index (κ2) is 17.7. The van der Waals surface area contributed by atoms with Crippen molar-refractivity contribution in [3.63, 3.8) is 0 Å². The van der Waals surface area contributed by atoms with Gasteiger partial charge in [0, 0.05) is 35.0 Å². The van der Waals surface area contributed by atoms with Crippen molar-refractivity contribution in [1.29, 1.82) is 5.26 Å². The van der Waals surface area contributed by atoms with Crippen molar-refractivity contribution in [1.82, 2.24) is 4.98 Å². The van der Waals surface area contributed by atoms with Crippen LogP contribution in [0.4, 0.5) is 13.2 Å². The van der Waals surface area contributed by atoms with Crippen LogP contribution in [0, 0.1) is 25.2 Å². The first-order valence-corrected chi connectivity index (χ1v) is 19.1. The Morgan fingerprint density at radius 1 is 0.754 bits per heavy atom. The molecule has 0 N–H and O–H groups in total. The van der Waals surface area contributed by atoms with Gasteiger partial charge in [0.1, 0.15) is 30.8 Å². The highest BCUT2D eigenvalue weighted by Gasteiger charge is 2.48. The standard InChI is InChI=1S/C41H28ClF3N2O7S.C2H6/c1-24-30(23-53-40-16-39(31(21-49)15-37(40)42)52-22-27-13-26(17-46)18-47-19-27)5-3-7-33(24)34-8-4-6-32(25(34)2)28-9-11-35-29(20-48)10-12-38(36(35)14-28)54-55(50,51)41(43,44)45;1-2/h3-16,18-21H,22-23H2,1-2H3;1-2H3. The van der Waals surface area contributed by atoms with Crippen molar-refractivity contribution in [3.8, 4) is 45.6 Å². The summed E-state index contributed by atoms with van der Waals surface area (Å²) in [5.74, 6) is -0.0691. The third-order valence-electron chi connectivity index (χ3n) is 8.89. The molecule has 0 aliphatic rings. The number of aromatic nitrogens is 1. The maximum atomic E-state index is 13.2. The van der Waals surface area contributed by atoms with Gasteiger partial charge in [-0.15, -0.1) is 0 Å². The lowest BCUT2D eigenvalue weighted by molar-refractivity contribution is -0.0499. The van der Waals surface area contributed by atoms with E-state index in [0.29, 0.717) is 34.8 Å². The molecule has 57 heavy (non-hydrogen) atoms. The summed E-state index contributed by atoms with van der Waals surface area (Å²) in [5, 5.41) is 9.58. The predicted molar refractivity (Wildman–Crippen MR) is 211 cm³/mol. The Kier molecular flexibility index (Phi) is 13.0. The van der Waals surface area contributed by atoms with Gasteiger partial charge >= 0.3 is 15.6 Å². The minimum absolute atomic E-state index is 0.00802. The molecule has 0 spiro atoms. The first kappa shape index (κ1) is 41.9. The minimum atomic E-state index is -5.98. The molecule has 9 nitrogen and oxygen atoms in total. The van der Waals surface area contributed by atoms with Gasteiger partial charge in [0.15, 0.2) is 18.3 Å². The van der Waals surface area contributed by atoms with Crippen LogP contribution in [-0.4, -0.2) is 31.5 Å².